The zero-order valence-electron chi connectivity index (χ0n) is 11.2. The Morgan fingerprint density at radius 1 is 1.35 bits per heavy atom. The molecule has 0 amide bonds. The van der Waals surface area contributed by atoms with Gasteiger partial charge < -0.3 is 15.0 Å². The molecule has 0 radical (unpaired) electrons. The normalized spacial score (nSPS) is 15.8. The fourth-order valence-electron chi connectivity index (χ4n) is 2.28. The number of hydrogen-bond acceptors (Lipinski definition) is 6. The topological polar surface area (TPSA) is 86.3 Å². The highest BCUT2D eigenvalue weighted by Gasteiger charge is 2.18. The van der Waals surface area contributed by atoms with Gasteiger partial charge in [0.2, 0.25) is 0 Å². The second-order valence-corrected chi connectivity index (χ2v) is 4.72. The lowest BCUT2D eigenvalue weighted by Gasteiger charge is -2.35. The van der Waals surface area contributed by atoms with Crippen LogP contribution in [0.25, 0.3) is 0 Å². The van der Waals surface area contributed by atoms with Crippen LogP contribution < -0.4 is 4.90 Å². The van der Waals surface area contributed by atoms with Gasteiger partial charge in [-0.05, 0) is 28.9 Å². The average molecular weight is 275 g/mol. The van der Waals surface area contributed by atoms with Crippen molar-refractivity contribution in [3.8, 4) is 6.07 Å². The van der Waals surface area contributed by atoms with Crippen molar-refractivity contribution in [2.45, 2.75) is 12.8 Å². The summed E-state index contributed by atoms with van der Waals surface area (Å²) in [5.74, 6) is -0.121. The Balaban J connectivity index is 1.84. The van der Waals surface area contributed by atoms with Crippen molar-refractivity contribution in [2.75, 3.05) is 37.6 Å². The van der Waals surface area contributed by atoms with Crippen LogP contribution >= 0.6 is 0 Å². The van der Waals surface area contributed by atoms with Gasteiger partial charge in [0, 0.05) is 38.7 Å². The number of rotatable bonds is 5. The zero-order valence-corrected chi connectivity index (χ0v) is 11.2. The summed E-state index contributed by atoms with van der Waals surface area (Å²) in [6.45, 7) is 4.61. The minimum absolute atomic E-state index is 0.121. The van der Waals surface area contributed by atoms with Crippen molar-refractivity contribution >= 4 is 11.5 Å². The molecule has 2 rings (SSSR count). The van der Waals surface area contributed by atoms with Crippen LogP contribution in [0.1, 0.15) is 12.8 Å². The van der Waals surface area contributed by atoms with Crippen LogP contribution in [0.2, 0.25) is 0 Å². The molecule has 1 aliphatic rings. The summed E-state index contributed by atoms with van der Waals surface area (Å²) in [5.41, 5.74) is 0.923. The van der Waals surface area contributed by atoms with Crippen LogP contribution in [-0.4, -0.2) is 47.5 Å². The van der Waals surface area contributed by atoms with Gasteiger partial charge >= 0.3 is 5.82 Å². The fraction of sp³-hybridized carbons (Fsp3) is 0.538. The summed E-state index contributed by atoms with van der Waals surface area (Å²) < 4.78 is 0. The molecule has 1 aromatic rings. The van der Waals surface area contributed by atoms with Crippen molar-refractivity contribution in [1.29, 1.82) is 5.26 Å². The third kappa shape index (κ3) is 3.65. The molecule has 106 valence electrons. The first-order chi connectivity index (χ1) is 9.70. The van der Waals surface area contributed by atoms with E-state index in [2.05, 4.69) is 20.9 Å². The average Bonchev–Trinajstić information content (AvgIpc) is 2.48. The van der Waals surface area contributed by atoms with Gasteiger partial charge in [0.1, 0.15) is 0 Å². The molecule has 7 heteroatoms. The smallest absolute Gasteiger partial charge is 0.363 e. The molecule has 1 aliphatic heterocycles. The van der Waals surface area contributed by atoms with Crippen molar-refractivity contribution in [3.63, 3.8) is 0 Å². The van der Waals surface area contributed by atoms with Gasteiger partial charge in [-0.1, -0.05) is 0 Å². The van der Waals surface area contributed by atoms with Crippen LogP contribution in [0.5, 0.6) is 0 Å². The SMILES string of the molecule is N#CCCCN1CCN(c2ccc([N+](=O)[O-])nc2)CC1. The van der Waals surface area contributed by atoms with Crippen LogP contribution in [0, 0.1) is 21.4 Å². The summed E-state index contributed by atoms with van der Waals surface area (Å²) in [7, 11) is 0. The molecule has 1 aromatic heterocycles. The molecule has 7 nitrogen and oxygen atoms in total. The maximum Gasteiger partial charge on any atom is 0.363 e. The van der Waals surface area contributed by atoms with Crippen molar-refractivity contribution in [1.82, 2.24) is 9.88 Å². The van der Waals surface area contributed by atoms with Crippen LogP contribution in [0.3, 0.4) is 0 Å². The second-order valence-electron chi connectivity index (χ2n) is 4.72. The molecule has 0 bridgehead atoms. The molecule has 1 fully saturated rings. The number of nitrogens with zero attached hydrogens (tertiary/aromatic N) is 5. The number of hydrogen-bond donors (Lipinski definition) is 0. The molecule has 0 atom stereocenters. The van der Waals surface area contributed by atoms with Crippen molar-refractivity contribution in [2.24, 2.45) is 0 Å². The Labute approximate surface area is 117 Å². The standard InChI is InChI=1S/C13H17N5O2/c14-5-1-2-6-16-7-9-17(10-8-16)12-3-4-13(15-11-12)18(19)20/h3-4,11H,1-2,6-10H2. The molecule has 20 heavy (non-hydrogen) atoms. The van der Waals surface area contributed by atoms with E-state index in [0.29, 0.717) is 6.42 Å². The van der Waals surface area contributed by atoms with E-state index in [4.69, 9.17) is 5.26 Å². The minimum Gasteiger partial charge on any atom is -0.366 e. The molecule has 0 aromatic carbocycles. The monoisotopic (exact) mass is 275 g/mol. The van der Waals surface area contributed by atoms with Crippen LogP contribution in [0.15, 0.2) is 18.3 Å². The quantitative estimate of drug-likeness (QED) is 0.459. The van der Waals surface area contributed by atoms with Gasteiger partial charge in [0.25, 0.3) is 0 Å². The maximum atomic E-state index is 10.6. The number of aromatic nitrogens is 1. The summed E-state index contributed by atoms with van der Waals surface area (Å²) in [6, 6.07) is 5.34. The highest BCUT2D eigenvalue weighted by molar-refractivity contribution is 5.46. The summed E-state index contributed by atoms with van der Waals surface area (Å²) in [5, 5.41) is 19.1. The zero-order chi connectivity index (χ0) is 14.4. The van der Waals surface area contributed by atoms with Gasteiger partial charge in [0.15, 0.2) is 6.20 Å². The number of unbranched alkanes of at least 4 members (excludes halogenated alkanes) is 1. The van der Waals surface area contributed by atoms with Gasteiger partial charge in [-0.3, -0.25) is 4.90 Å². The van der Waals surface area contributed by atoms with Crippen LogP contribution in [-0.2, 0) is 0 Å². The largest absolute Gasteiger partial charge is 0.366 e. The van der Waals surface area contributed by atoms with E-state index in [-0.39, 0.29) is 5.82 Å². The Bertz CT molecular complexity index is 488. The minimum atomic E-state index is -0.489. The third-order valence-electron chi connectivity index (χ3n) is 3.42. The van der Waals surface area contributed by atoms with Gasteiger partial charge in [-0.2, -0.15) is 5.26 Å². The van der Waals surface area contributed by atoms with Gasteiger partial charge in [-0.25, -0.2) is 0 Å². The van der Waals surface area contributed by atoms with Gasteiger partial charge in [0.05, 0.1) is 11.8 Å². The molecule has 1 saturated heterocycles. The number of nitro groups is 1. The molecule has 0 N–H and O–H groups in total. The maximum absolute atomic E-state index is 10.6. The third-order valence-corrected chi connectivity index (χ3v) is 3.42. The molecule has 2 heterocycles. The summed E-state index contributed by atoms with van der Waals surface area (Å²) in [4.78, 5) is 18.4. The lowest BCUT2D eigenvalue weighted by molar-refractivity contribution is -0.389. The van der Waals surface area contributed by atoms with Crippen LogP contribution in [0.4, 0.5) is 11.5 Å². The number of piperazine rings is 1. The molecule has 0 aliphatic carbocycles. The van der Waals surface area contributed by atoms with E-state index in [1.807, 2.05) is 0 Å². The first kappa shape index (κ1) is 14.2. The Morgan fingerprint density at radius 2 is 2.10 bits per heavy atom. The molecular weight excluding hydrogens is 258 g/mol. The van der Waals surface area contributed by atoms with E-state index in [1.54, 1.807) is 12.3 Å². The Morgan fingerprint density at radius 3 is 2.65 bits per heavy atom. The number of nitriles is 1. The van der Waals surface area contributed by atoms with Crippen molar-refractivity contribution < 1.29 is 4.92 Å². The lowest BCUT2D eigenvalue weighted by Crippen LogP contribution is -2.46. The molecular formula is C13H17N5O2. The lowest BCUT2D eigenvalue weighted by atomic mass is 10.2. The van der Waals surface area contributed by atoms with E-state index < -0.39 is 4.92 Å². The summed E-state index contributed by atoms with van der Waals surface area (Å²) >= 11 is 0. The Hall–Kier alpha value is -2.20. The highest BCUT2D eigenvalue weighted by atomic mass is 16.6. The predicted molar refractivity (Wildman–Crippen MR) is 74.4 cm³/mol. The summed E-state index contributed by atoms with van der Waals surface area (Å²) in [6.07, 6.45) is 3.07. The number of anilines is 1. The molecule has 0 unspecified atom stereocenters. The first-order valence-electron chi connectivity index (χ1n) is 6.65. The van der Waals surface area contributed by atoms with E-state index in [1.165, 1.54) is 6.07 Å². The predicted octanol–water partition coefficient (Wildman–Crippen LogP) is 1.42. The number of pyridine rings is 1. The van der Waals surface area contributed by atoms with E-state index in [9.17, 15) is 10.1 Å². The molecule has 0 saturated carbocycles. The fourth-order valence-corrected chi connectivity index (χ4v) is 2.28. The van der Waals surface area contributed by atoms with Crippen molar-refractivity contribution in [3.05, 3.63) is 28.4 Å². The second kappa shape index (κ2) is 6.82. The van der Waals surface area contributed by atoms with E-state index >= 15 is 0 Å². The first-order valence-corrected chi connectivity index (χ1v) is 6.65. The highest BCUT2D eigenvalue weighted by Crippen LogP contribution is 2.18. The van der Waals surface area contributed by atoms with Gasteiger partial charge in [-0.15, -0.1) is 0 Å². The van der Waals surface area contributed by atoms with E-state index in [0.717, 1.165) is 44.8 Å². The molecule has 0 spiro atoms. The Kier molecular flexibility index (Phi) is 4.85.